The van der Waals surface area contributed by atoms with Gasteiger partial charge in [-0.15, -0.1) is 20.4 Å². The minimum absolute atomic E-state index is 0.00239. The van der Waals surface area contributed by atoms with Gasteiger partial charge in [-0.3, -0.25) is 28.4 Å². The predicted molar refractivity (Wildman–Crippen MR) is 208 cm³/mol. The van der Waals surface area contributed by atoms with E-state index >= 15 is 8.78 Å². The predicted octanol–water partition coefficient (Wildman–Crippen LogP) is 5.02. The van der Waals surface area contributed by atoms with Crippen LogP contribution in [0, 0.1) is 11.6 Å². The molecule has 0 N–H and O–H groups in total. The monoisotopic (exact) mass is 776 g/mol. The highest BCUT2D eigenvalue weighted by Gasteiger charge is 2.25. The second-order valence-electron chi connectivity index (χ2n) is 14.0. The van der Waals surface area contributed by atoms with E-state index in [0.717, 1.165) is 0 Å². The summed E-state index contributed by atoms with van der Waals surface area (Å²) in [6.45, 7) is 2.12. The number of aryl methyl sites for hydroxylation is 2. The van der Waals surface area contributed by atoms with E-state index in [-0.39, 0.29) is 22.4 Å². The molecule has 286 valence electrons. The maximum Gasteiger partial charge on any atom is 0.260 e. The molecule has 0 radical (unpaired) electrons. The zero-order chi connectivity index (χ0) is 39.7. The summed E-state index contributed by atoms with van der Waals surface area (Å²) in [5.74, 6) is -0.524. The van der Waals surface area contributed by atoms with Crippen LogP contribution < -0.4 is 11.1 Å². The Morgan fingerprint density at radius 3 is 1.86 bits per heavy atom. The number of hydrogen-bond donors (Lipinski definition) is 0. The van der Waals surface area contributed by atoms with Crippen molar-refractivity contribution in [3.8, 4) is 22.5 Å². The Morgan fingerprint density at radius 1 is 0.655 bits per heavy atom. The first-order valence-electron chi connectivity index (χ1n) is 18.2. The molecule has 0 aromatic carbocycles. The largest absolute Gasteiger partial charge is 0.340 e. The normalized spacial score (nSPS) is 13.0. The third kappa shape index (κ3) is 5.72. The van der Waals surface area contributed by atoms with Crippen LogP contribution >= 0.6 is 0 Å². The number of nitrogens with zero attached hydrogens (tertiary/aromatic N) is 14. The van der Waals surface area contributed by atoms with Crippen LogP contribution in [-0.2, 0) is 13.6 Å². The smallest absolute Gasteiger partial charge is 0.260 e. The van der Waals surface area contributed by atoms with Crippen LogP contribution in [0.3, 0.4) is 0 Å². The summed E-state index contributed by atoms with van der Waals surface area (Å²) in [5.41, 5.74) is 2.52. The van der Waals surface area contributed by atoms with Crippen LogP contribution in [-0.4, -0.2) is 67.4 Å². The van der Waals surface area contributed by atoms with Gasteiger partial charge in [0.1, 0.15) is 0 Å². The molecular weight excluding hydrogens is 747 g/mol. The molecule has 0 aliphatic rings. The third-order valence-corrected chi connectivity index (χ3v) is 10.4. The molecule has 0 saturated carbocycles. The first-order valence-corrected chi connectivity index (χ1v) is 18.2. The van der Waals surface area contributed by atoms with Crippen LogP contribution in [0.25, 0.3) is 55.6 Å². The van der Waals surface area contributed by atoms with Gasteiger partial charge in [-0.2, -0.15) is 0 Å². The second-order valence-corrected chi connectivity index (χ2v) is 14.0. The lowest BCUT2D eigenvalue weighted by Gasteiger charge is -2.19. The fourth-order valence-electron chi connectivity index (χ4n) is 7.44. The van der Waals surface area contributed by atoms with Gasteiger partial charge in [0.05, 0.1) is 57.9 Å². The van der Waals surface area contributed by atoms with Crippen LogP contribution in [0.5, 0.6) is 0 Å². The molecular formula is C40H30F2N14O2. The van der Waals surface area contributed by atoms with Crippen LogP contribution in [0.4, 0.5) is 8.78 Å². The van der Waals surface area contributed by atoms with Crippen molar-refractivity contribution in [1.29, 1.82) is 0 Å². The van der Waals surface area contributed by atoms with Gasteiger partial charge < -0.3 is 18.3 Å². The molecule has 10 heterocycles. The highest BCUT2D eigenvalue weighted by molar-refractivity contribution is 5.77. The molecule has 10 rings (SSSR count). The number of halogens is 2. The van der Waals surface area contributed by atoms with Crippen molar-refractivity contribution in [3.05, 3.63) is 155 Å². The summed E-state index contributed by atoms with van der Waals surface area (Å²) in [4.78, 5) is 45.0. The Hall–Kier alpha value is -7.76. The summed E-state index contributed by atoms with van der Waals surface area (Å²) >= 11 is 0. The molecule has 2 atom stereocenters. The zero-order valence-electron chi connectivity index (χ0n) is 30.8. The molecule has 0 aliphatic heterocycles. The van der Waals surface area contributed by atoms with Gasteiger partial charge in [0, 0.05) is 74.3 Å². The van der Waals surface area contributed by atoms with Crippen molar-refractivity contribution in [3.63, 3.8) is 0 Å². The Bertz CT molecular complexity index is 3340. The Labute approximate surface area is 325 Å². The lowest BCUT2D eigenvalue weighted by Crippen LogP contribution is -2.27. The van der Waals surface area contributed by atoms with Crippen molar-refractivity contribution < 1.29 is 8.78 Å². The van der Waals surface area contributed by atoms with Crippen molar-refractivity contribution >= 4 is 33.1 Å². The summed E-state index contributed by atoms with van der Waals surface area (Å²) in [6.07, 6.45) is 17.0. The van der Waals surface area contributed by atoms with Gasteiger partial charge in [-0.25, -0.2) is 18.7 Å². The first-order chi connectivity index (χ1) is 28.2. The highest BCUT2D eigenvalue weighted by Crippen LogP contribution is 2.28. The lowest BCUT2D eigenvalue weighted by atomic mass is 10.1. The Kier molecular flexibility index (Phi) is 8.06. The zero-order valence-corrected chi connectivity index (χ0v) is 30.8. The third-order valence-electron chi connectivity index (χ3n) is 10.4. The van der Waals surface area contributed by atoms with Crippen molar-refractivity contribution in [2.45, 2.75) is 32.0 Å². The highest BCUT2D eigenvalue weighted by atomic mass is 19.1. The number of imidazole rings is 2. The summed E-state index contributed by atoms with van der Waals surface area (Å²) in [5, 5.41) is 17.8. The van der Waals surface area contributed by atoms with Crippen molar-refractivity contribution in [2.75, 3.05) is 0 Å². The van der Waals surface area contributed by atoms with Gasteiger partial charge >= 0.3 is 0 Å². The van der Waals surface area contributed by atoms with Gasteiger partial charge in [0.2, 0.25) is 0 Å². The number of rotatable bonds is 9. The minimum atomic E-state index is -0.722. The SMILES string of the molecule is C[C@@H](c1nnc2c(F)cc(-c3cn(CC[C@H](c4nnc5c(F)cc(-c6cn(C)cn6)cn45)n4ccc5ncccc5c4=O)cn3)cn12)n1ccc2ncccc2c1=O. The number of hydrogen-bond acceptors (Lipinski definition) is 10. The molecule has 0 fully saturated rings. The molecule has 0 saturated heterocycles. The molecule has 0 bridgehead atoms. The lowest BCUT2D eigenvalue weighted by molar-refractivity contribution is 0.459. The van der Waals surface area contributed by atoms with E-state index in [1.165, 1.54) is 21.1 Å². The topological polar surface area (TPSA) is 166 Å². The fourth-order valence-corrected chi connectivity index (χ4v) is 7.44. The summed E-state index contributed by atoms with van der Waals surface area (Å²) in [7, 11) is 1.82. The van der Waals surface area contributed by atoms with Gasteiger partial charge in [0.25, 0.3) is 11.1 Å². The molecule has 16 nitrogen and oxygen atoms in total. The summed E-state index contributed by atoms with van der Waals surface area (Å²) < 4.78 is 40.9. The Balaban J connectivity index is 1.00. The summed E-state index contributed by atoms with van der Waals surface area (Å²) in [6, 6.07) is 11.7. The van der Waals surface area contributed by atoms with Gasteiger partial charge in [0.15, 0.2) is 34.6 Å². The maximum absolute atomic E-state index is 15.6. The number of fused-ring (bicyclic) bond motifs is 4. The quantitative estimate of drug-likeness (QED) is 0.194. The van der Waals surface area contributed by atoms with Crippen LogP contribution in [0.2, 0.25) is 0 Å². The van der Waals surface area contributed by atoms with E-state index in [1.807, 2.05) is 11.6 Å². The maximum atomic E-state index is 15.6. The standard InChI is InChI=1S/C40H30F2N14O2/c1-23(53-13-7-30-26(39(53)57)5-3-10-43-30)35-47-48-36-28(41)16-25(17-55(35)36)33-20-52(22-46-33)12-9-34(54-14-8-31-27(40(54)58)6-4-11-44-31)38-50-49-37-29(42)15-24(18-56(37)38)32-19-51(2)21-45-32/h3-8,10-11,13-23,34H,9,12H2,1-2H3/t23-,34+/m0/s1. The van der Waals surface area contributed by atoms with Gasteiger partial charge in [-0.1, -0.05) is 0 Å². The Morgan fingerprint density at radius 2 is 1.22 bits per heavy atom. The molecule has 0 spiro atoms. The molecule has 10 aromatic rings. The first kappa shape index (κ1) is 34.7. The number of pyridine rings is 6. The van der Waals surface area contributed by atoms with Crippen molar-refractivity contribution in [1.82, 2.24) is 67.4 Å². The minimum Gasteiger partial charge on any atom is -0.340 e. The average Bonchev–Trinajstić information content (AvgIpc) is 4.06. The van der Waals surface area contributed by atoms with E-state index in [2.05, 4.69) is 40.3 Å². The molecule has 0 amide bonds. The molecule has 10 aromatic heterocycles. The number of aromatic nitrogens is 14. The second kappa shape index (κ2) is 13.5. The molecule has 0 aliphatic carbocycles. The van der Waals surface area contributed by atoms with E-state index < -0.39 is 23.7 Å². The van der Waals surface area contributed by atoms with Gasteiger partial charge in [-0.05, 0) is 61.9 Å². The fraction of sp³-hybridized carbons (Fsp3) is 0.150. The molecule has 18 heteroatoms. The van der Waals surface area contributed by atoms with E-state index in [1.54, 1.807) is 119 Å². The molecule has 58 heavy (non-hydrogen) atoms. The van der Waals surface area contributed by atoms with Crippen LogP contribution in [0.1, 0.15) is 37.1 Å². The van der Waals surface area contributed by atoms with Crippen molar-refractivity contribution in [2.24, 2.45) is 7.05 Å². The van der Waals surface area contributed by atoms with E-state index in [4.69, 9.17) is 0 Å². The molecule has 0 unspecified atom stereocenters. The van der Waals surface area contributed by atoms with Crippen LogP contribution in [0.15, 0.2) is 120 Å². The average molecular weight is 777 g/mol. The van der Waals surface area contributed by atoms with E-state index in [0.29, 0.717) is 68.9 Å². The van der Waals surface area contributed by atoms with E-state index in [9.17, 15) is 9.59 Å².